The molecular weight excluding hydrogens is 228 g/mol. The third kappa shape index (κ3) is 2.82. The summed E-state index contributed by atoms with van der Waals surface area (Å²) in [6.45, 7) is 4.37. The van der Waals surface area contributed by atoms with Crippen LogP contribution in [0.2, 0.25) is 0 Å². The van der Waals surface area contributed by atoms with Crippen LogP contribution in [0.3, 0.4) is 0 Å². The number of carbonyl (C=O) groups excluding carboxylic acids is 1. The Hall–Kier alpha value is -1.55. The second-order valence-corrected chi connectivity index (χ2v) is 4.52. The molecule has 1 unspecified atom stereocenters. The third-order valence-corrected chi connectivity index (χ3v) is 3.32. The van der Waals surface area contributed by atoms with Crippen molar-refractivity contribution in [3.8, 4) is 5.75 Å². The predicted octanol–water partition coefficient (Wildman–Crippen LogP) is 1.41. The zero-order chi connectivity index (χ0) is 13.0. The minimum Gasteiger partial charge on any atom is -0.497 e. The summed E-state index contributed by atoms with van der Waals surface area (Å²) in [5.74, 6) is 1.05. The van der Waals surface area contributed by atoms with Crippen LogP contribution in [0.15, 0.2) is 24.3 Å². The van der Waals surface area contributed by atoms with Crippen LogP contribution in [0.1, 0.15) is 18.9 Å². The summed E-state index contributed by atoms with van der Waals surface area (Å²) >= 11 is 0. The average Bonchev–Trinajstić information content (AvgIpc) is 2.42. The lowest BCUT2D eigenvalue weighted by atomic mass is 10.1. The van der Waals surface area contributed by atoms with Crippen LogP contribution in [0.25, 0.3) is 0 Å². The Balaban J connectivity index is 2.01. The van der Waals surface area contributed by atoms with Crippen molar-refractivity contribution >= 4 is 5.91 Å². The SMILES string of the molecule is CCC1NCCN(Cc2ccc(OC)cc2)C1=O. The summed E-state index contributed by atoms with van der Waals surface area (Å²) in [5, 5.41) is 3.24. The molecule has 0 aliphatic carbocycles. The van der Waals surface area contributed by atoms with Crippen LogP contribution in [0.5, 0.6) is 5.75 Å². The van der Waals surface area contributed by atoms with E-state index < -0.39 is 0 Å². The van der Waals surface area contributed by atoms with Gasteiger partial charge in [-0.1, -0.05) is 19.1 Å². The Bertz CT molecular complexity index is 403. The number of nitrogens with one attached hydrogen (secondary N) is 1. The Morgan fingerprint density at radius 1 is 1.39 bits per heavy atom. The Kier molecular flexibility index (Phi) is 4.20. The molecule has 1 N–H and O–H groups in total. The molecule has 1 aromatic carbocycles. The van der Waals surface area contributed by atoms with Crippen molar-refractivity contribution in [2.75, 3.05) is 20.2 Å². The van der Waals surface area contributed by atoms with E-state index in [9.17, 15) is 4.79 Å². The van der Waals surface area contributed by atoms with Gasteiger partial charge in [-0.25, -0.2) is 0 Å². The Labute approximate surface area is 108 Å². The van der Waals surface area contributed by atoms with Gasteiger partial charge in [-0.3, -0.25) is 4.79 Å². The van der Waals surface area contributed by atoms with E-state index in [1.165, 1.54) is 0 Å². The monoisotopic (exact) mass is 248 g/mol. The van der Waals surface area contributed by atoms with Crippen molar-refractivity contribution < 1.29 is 9.53 Å². The number of hydrogen-bond donors (Lipinski definition) is 1. The molecule has 1 aromatic rings. The zero-order valence-corrected chi connectivity index (χ0v) is 11.0. The smallest absolute Gasteiger partial charge is 0.240 e. The average molecular weight is 248 g/mol. The van der Waals surface area contributed by atoms with Crippen LogP contribution < -0.4 is 10.1 Å². The topological polar surface area (TPSA) is 41.6 Å². The van der Waals surface area contributed by atoms with Crippen LogP contribution >= 0.6 is 0 Å². The first kappa shape index (κ1) is 12.9. The van der Waals surface area contributed by atoms with Crippen LogP contribution in [0, 0.1) is 0 Å². The first-order valence-corrected chi connectivity index (χ1v) is 6.39. The van der Waals surface area contributed by atoms with Crippen molar-refractivity contribution in [2.45, 2.75) is 25.9 Å². The summed E-state index contributed by atoms with van der Waals surface area (Å²) < 4.78 is 5.12. The fraction of sp³-hybridized carbons (Fsp3) is 0.500. The molecule has 0 bridgehead atoms. The van der Waals surface area contributed by atoms with E-state index in [1.807, 2.05) is 36.1 Å². The maximum atomic E-state index is 12.1. The second kappa shape index (κ2) is 5.87. The van der Waals surface area contributed by atoms with Gasteiger partial charge in [0.05, 0.1) is 13.2 Å². The molecule has 1 saturated heterocycles. The number of piperazine rings is 1. The number of amides is 1. The fourth-order valence-corrected chi connectivity index (χ4v) is 2.22. The molecule has 2 rings (SSSR count). The van der Waals surface area contributed by atoms with Crippen LogP contribution in [-0.4, -0.2) is 37.0 Å². The number of carbonyl (C=O) groups is 1. The van der Waals surface area contributed by atoms with E-state index in [-0.39, 0.29) is 11.9 Å². The van der Waals surface area contributed by atoms with Gasteiger partial charge < -0.3 is 15.0 Å². The first-order chi connectivity index (χ1) is 8.74. The van der Waals surface area contributed by atoms with Crippen molar-refractivity contribution in [3.05, 3.63) is 29.8 Å². The lowest BCUT2D eigenvalue weighted by Gasteiger charge is -2.32. The van der Waals surface area contributed by atoms with Crippen molar-refractivity contribution in [1.29, 1.82) is 0 Å². The second-order valence-electron chi connectivity index (χ2n) is 4.52. The van der Waals surface area contributed by atoms with E-state index in [0.29, 0.717) is 6.54 Å². The van der Waals surface area contributed by atoms with Crippen LogP contribution in [-0.2, 0) is 11.3 Å². The summed E-state index contributed by atoms with van der Waals surface area (Å²) in [4.78, 5) is 14.0. The Morgan fingerprint density at radius 3 is 2.72 bits per heavy atom. The van der Waals surface area contributed by atoms with Crippen molar-refractivity contribution in [3.63, 3.8) is 0 Å². The minimum absolute atomic E-state index is 0.0167. The van der Waals surface area contributed by atoms with Gasteiger partial charge in [-0.15, -0.1) is 0 Å². The van der Waals surface area contributed by atoms with E-state index in [1.54, 1.807) is 7.11 Å². The van der Waals surface area contributed by atoms with Gasteiger partial charge in [-0.2, -0.15) is 0 Å². The highest BCUT2D eigenvalue weighted by Crippen LogP contribution is 2.14. The molecule has 18 heavy (non-hydrogen) atoms. The zero-order valence-electron chi connectivity index (χ0n) is 11.0. The summed E-state index contributed by atoms with van der Waals surface area (Å²) in [6.07, 6.45) is 0.845. The number of nitrogens with zero attached hydrogens (tertiary/aromatic N) is 1. The van der Waals surface area contributed by atoms with E-state index in [4.69, 9.17) is 4.74 Å². The van der Waals surface area contributed by atoms with E-state index in [0.717, 1.165) is 30.8 Å². The maximum absolute atomic E-state index is 12.1. The number of ether oxygens (including phenoxy) is 1. The number of hydrogen-bond acceptors (Lipinski definition) is 3. The molecule has 1 heterocycles. The standard InChI is InChI=1S/C14H20N2O2/c1-3-13-14(17)16(9-8-15-13)10-11-4-6-12(18-2)7-5-11/h4-7,13,15H,3,8-10H2,1-2H3. The highest BCUT2D eigenvalue weighted by Gasteiger charge is 2.26. The van der Waals surface area contributed by atoms with Gasteiger partial charge in [0.1, 0.15) is 5.75 Å². The number of methoxy groups -OCH3 is 1. The van der Waals surface area contributed by atoms with Crippen molar-refractivity contribution in [2.24, 2.45) is 0 Å². The normalized spacial score (nSPS) is 20.0. The summed E-state index contributed by atoms with van der Waals surface area (Å²) in [7, 11) is 1.65. The van der Waals surface area contributed by atoms with E-state index in [2.05, 4.69) is 5.32 Å². The fourth-order valence-electron chi connectivity index (χ4n) is 2.22. The van der Waals surface area contributed by atoms with Crippen LogP contribution in [0.4, 0.5) is 0 Å². The molecule has 0 aromatic heterocycles. The van der Waals surface area contributed by atoms with Gasteiger partial charge in [-0.05, 0) is 24.1 Å². The quantitative estimate of drug-likeness (QED) is 0.876. The molecule has 1 atom stereocenters. The largest absolute Gasteiger partial charge is 0.497 e. The number of benzene rings is 1. The minimum atomic E-state index is -0.0167. The molecular formula is C14H20N2O2. The van der Waals surface area contributed by atoms with Gasteiger partial charge in [0.15, 0.2) is 0 Å². The molecule has 4 nitrogen and oxygen atoms in total. The summed E-state index contributed by atoms with van der Waals surface area (Å²) in [5.41, 5.74) is 1.14. The molecule has 1 aliphatic heterocycles. The van der Waals surface area contributed by atoms with Gasteiger partial charge in [0.25, 0.3) is 0 Å². The number of rotatable bonds is 4. The maximum Gasteiger partial charge on any atom is 0.240 e. The predicted molar refractivity (Wildman–Crippen MR) is 70.5 cm³/mol. The molecule has 4 heteroatoms. The van der Waals surface area contributed by atoms with E-state index >= 15 is 0 Å². The molecule has 98 valence electrons. The molecule has 1 fully saturated rings. The van der Waals surface area contributed by atoms with Gasteiger partial charge in [0, 0.05) is 19.6 Å². The van der Waals surface area contributed by atoms with Gasteiger partial charge in [0.2, 0.25) is 5.91 Å². The third-order valence-electron chi connectivity index (χ3n) is 3.32. The molecule has 0 radical (unpaired) electrons. The first-order valence-electron chi connectivity index (χ1n) is 6.39. The lowest BCUT2D eigenvalue weighted by Crippen LogP contribution is -2.54. The highest BCUT2D eigenvalue weighted by molar-refractivity contribution is 5.82. The highest BCUT2D eigenvalue weighted by atomic mass is 16.5. The molecule has 0 saturated carbocycles. The molecule has 1 amide bonds. The summed E-state index contributed by atoms with van der Waals surface area (Å²) in [6, 6.07) is 7.86. The Morgan fingerprint density at radius 2 is 2.11 bits per heavy atom. The van der Waals surface area contributed by atoms with Crippen molar-refractivity contribution in [1.82, 2.24) is 10.2 Å². The molecule has 1 aliphatic rings. The molecule has 0 spiro atoms. The van der Waals surface area contributed by atoms with Gasteiger partial charge >= 0.3 is 0 Å². The lowest BCUT2D eigenvalue weighted by molar-refractivity contribution is -0.136.